The van der Waals surface area contributed by atoms with Crippen LogP contribution in [0.5, 0.6) is 5.75 Å². The highest BCUT2D eigenvalue weighted by molar-refractivity contribution is 5.88. The average molecular weight is 197 g/mol. The van der Waals surface area contributed by atoms with Crippen molar-refractivity contribution < 1.29 is 4.74 Å². The zero-order chi connectivity index (χ0) is 10.3. The second-order valence-corrected chi connectivity index (χ2v) is 3.68. The quantitative estimate of drug-likeness (QED) is 0.704. The summed E-state index contributed by atoms with van der Waals surface area (Å²) in [6, 6.07) is 12.4. The van der Waals surface area contributed by atoms with Gasteiger partial charge in [-0.25, -0.2) is 0 Å². The predicted molar refractivity (Wildman–Crippen MR) is 60.6 cm³/mol. The summed E-state index contributed by atoms with van der Waals surface area (Å²) in [4.78, 5) is 0. The molecule has 1 aliphatic heterocycles. The first kappa shape index (κ1) is 8.36. The molecule has 0 atom stereocenters. The summed E-state index contributed by atoms with van der Waals surface area (Å²) < 4.78 is 5.48. The fourth-order valence-corrected chi connectivity index (χ4v) is 1.99. The van der Waals surface area contributed by atoms with E-state index in [1.165, 1.54) is 16.3 Å². The second kappa shape index (κ2) is 3.02. The van der Waals surface area contributed by atoms with Crippen LogP contribution >= 0.6 is 0 Å². The van der Waals surface area contributed by atoms with Crippen molar-refractivity contribution >= 4 is 10.8 Å². The number of hydrogen-bond acceptors (Lipinski definition) is 2. The number of nitrogens with two attached hydrogens (primary N) is 1. The van der Waals surface area contributed by atoms with E-state index >= 15 is 0 Å². The Morgan fingerprint density at radius 1 is 1.07 bits per heavy atom. The Bertz CT molecular complexity index is 557. The van der Waals surface area contributed by atoms with Crippen molar-refractivity contribution in [1.29, 1.82) is 0 Å². The predicted octanol–water partition coefficient (Wildman–Crippen LogP) is 2.57. The fourth-order valence-electron chi connectivity index (χ4n) is 1.99. The van der Waals surface area contributed by atoms with Crippen molar-refractivity contribution in [3.05, 3.63) is 53.9 Å². The van der Waals surface area contributed by atoms with Crippen molar-refractivity contribution in [2.45, 2.75) is 6.42 Å². The van der Waals surface area contributed by atoms with E-state index in [4.69, 9.17) is 10.5 Å². The lowest BCUT2D eigenvalue weighted by atomic mass is 10.00. The zero-order valence-corrected chi connectivity index (χ0v) is 8.23. The largest absolute Gasteiger partial charge is 0.442 e. The third kappa shape index (κ3) is 1.26. The Morgan fingerprint density at radius 3 is 2.87 bits per heavy atom. The minimum atomic E-state index is 0.498. The van der Waals surface area contributed by atoms with Gasteiger partial charge in [0.1, 0.15) is 5.75 Å². The van der Waals surface area contributed by atoms with Gasteiger partial charge in [0.2, 0.25) is 0 Å². The Balaban J connectivity index is 2.29. The molecule has 74 valence electrons. The van der Waals surface area contributed by atoms with Gasteiger partial charge in [0.15, 0.2) is 5.88 Å². The maximum absolute atomic E-state index is 5.63. The van der Waals surface area contributed by atoms with Gasteiger partial charge in [0, 0.05) is 12.0 Å². The van der Waals surface area contributed by atoms with Crippen molar-refractivity contribution in [2.75, 3.05) is 0 Å². The molecule has 2 heteroatoms. The third-order valence-corrected chi connectivity index (χ3v) is 2.73. The van der Waals surface area contributed by atoms with E-state index in [0.29, 0.717) is 5.88 Å². The topological polar surface area (TPSA) is 35.2 Å². The first-order valence-electron chi connectivity index (χ1n) is 4.99. The van der Waals surface area contributed by atoms with Crippen LogP contribution in [0.25, 0.3) is 10.8 Å². The first-order valence-corrected chi connectivity index (χ1v) is 4.99. The van der Waals surface area contributed by atoms with E-state index < -0.39 is 0 Å². The van der Waals surface area contributed by atoms with Crippen LogP contribution in [0.4, 0.5) is 0 Å². The Kier molecular flexibility index (Phi) is 1.68. The average Bonchev–Trinajstić information content (AvgIpc) is 2.28. The lowest BCUT2D eigenvalue weighted by Crippen LogP contribution is -2.11. The van der Waals surface area contributed by atoms with E-state index in [0.717, 1.165) is 12.2 Å². The number of allylic oxidation sites excluding steroid dienone is 1. The molecule has 0 bridgehead atoms. The Labute approximate surface area is 88.0 Å². The summed E-state index contributed by atoms with van der Waals surface area (Å²) in [5.74, 6) is 1.38. The van der Waals surface area contributed by atoms with Gasteiger partial charge in [-0.05, 0) is 22.9 Å². The summed E-state index contributed by atoms with van der Waals surface area (Å²) in [6.45, 7) is 0. The Morgan fingerprint density at radius 2 is 1.93 bits per heavy atom. The van der Waals surface area contributed by atoms with Crippen LogP contribution in [0.1, 0.15) is 5.56 Å². The number of fused-ring (bicyclic) bond motifs is 3. The number of ether oxygens (including phenoxy) is 1. The third-order valence-electron chi connectivity index (χ3n) is 2.73. The van der Waals surface area contributed by atoms with Gasteiger partial charge in [-0.3, -0.25) is 0 Å². The molecule has 0 saturated carbocycles. The summed E-state index contributed by atoms with van der Waals surface area (Å²) in [5.41, 5.74) is 6.86. The number of rotatable bonds is 0. The second-order valence-electron chi connectivity index (χ2n) is 3.68. The summed E-state index contributed by atoms with van der Waals surface area (Å²) >= 11 is 0. The van der Waals surface area contributed by atoms with Crippen LogP contribution in [-0.2, 0) is 6.42 Å². The van der Waals surface area contributed by atoms with Crippen LogP contribution in [0.2, 0.25) is 0 Å². The van der Waals surface area contributed by atoms with Crippen LogP contribution in [0.15, 0.2) is 48.4 Å². The highest BCUT2D eigenvalue weighted by atomic mass is 16.5. The number of benzene rings is 2. The van der Waals surface area contributed by atoms with Gasteiger partial charge in [-0.15, -0.1) is 0 Å². The van der Waals surface area contributed by atoms with Crippen molar-refractivity contribution in [3.8, 4) is 5.75 Å². The molecular weight excluding hydrogens is 186 g/mol. The van der Waals surface area contributed by atoms with E-state index in [2.05, 4.69) is 18.2 Å². The SMILES string of the molecule is NC1=CCc2c(ccc3ccccc23)O1. The van der Waals surface area contributed by atoms with Crippen LogP contribution in [0, 0.1) is 0 Å². The van der Waals surface area contributed by atoms with Crippen molar-refractivity contribution in [3.63, 3.8) is 0 Å². The van der Waals surface area contributed by atoms with Crippen LogP contribution in [-0.4, -0.2) is 0 Å². The standard InChI is InChI=1S/C13H11NO/c14-13-8-6-11-10-4-2-1-3-9(10)5-7-12(11)15-13/h1-5,7-8H,6,14H2. The molecule has 0 aromatic heterocycles. The smallest absolute Gasteiger partial charge is 0.187 e. The van der Waals surface area contributed by atoms with Gasteiger partial charge in [-0.1, -0.05) is 30.3 Å². The summed E-state index contributed by atoms with van der Waals surface area (Å²) in [7, 11) is 0. The van der Waals surface area contributed by atoms with E-state index in [1.54, 1.807) is 0 Å². The highest BCUT2D eigenvalue weighted by Gasteiger charge is 2.12. The molecular formula is C13H11NO. The highest BCUT2D eigenvalue weighted by Crippen LogP contribution is 2.31. The summed E-state index contributed by atoms with van der Waals surface area (Å²) in [5, 5.41) is 2.49. The molecule has 1 heterocycles. The van der Waals surface area contributed by atoms with Gasteiger partial charge < -0.3 is 10.5 Å². The lowest BCUT2D eigenvalue weighted by Gasteiger charge is -2.17. The van der Waals surface area contributed by atoms with Gasteiger partial charge in [0.05, 0.1) is 0 Å². The molecule has 2 N–H and O–H groups in total. The molecule has 0 amide bonds. The molecule has 0 unspecified atom stereocenters. The van der Waals surface area contributed by atoms with Gasteiger partial charge >= 0.3 is 0 Å². The Hall–Kier alpha value is -1.96. The monoisotopic (exact) mass is 197 g/mol. The molecule has 0 spiro atoms. The molecule has 2 nitrogen and oxygen atoms in total. The normalized spacial score (nSPS) is 14.3. The van der Waals surface area contributed by atoms with Gasteiger partial charge in [0.25, 0.3) is 0 Å². The maximum Gasteiger partial charge on any atom is 0.187 e. The van der Waals surface area contributed by atoms with E-state index in [-0.39, 0.29) is 0 Å². The summed E-state index contributed by atoms with van der Waals surface area (Å²) in [6.07, 6.45) is 2.76. The molecule has 3 rings (SSSR count). The van der Waals surface area contributed by atoms with Gasteiger partial charge in [-0.2, -0.15) is 0 Å². The molecule has 0 saturated heterocycles. The molecule has 2 aromatic rings. The first-order chi connectivity index (χ1) is 7.34. The van der Waals surface area contributed by atoms with Crippen LogP contribution < -0.4 is 10.5 Å². The molecule has 0 aliphatic carbocycles. The molecule has 0 radical (unpaired) electrons. The maximum atomic E-state index is 5.63. The van der Waals surface area contributed by atoms with E-state index in [9.17, 15) is 0 Å². The molecule has 1 aliphatic rings. The van der Waals surface area contributed by atoms with Crippen LogP contribution in [0.3, 0.4) is 0 Å². The number of hydrogen-bond donors (Lipinski definition) is 1. The van der Waals surface area contributed by atoms with Crippen molar-refractivity contribution in [2.24, 2.45) is 5.73 Å². The molecule has 0 fully saturated rings. The zero-order valence-electron chi connectivity index (χ0n) is 8.23. The lowest BCUT2D eigenvalue weighted by molar-refractivity contribution is 0.405. The van der Waals surface area contributed by atoms with Crippen molar-refractivity contribution in [1.82, 2.24) is 0 Å². The minimum absolute atomic E-state index is 0.498. The molecule has 15 heavy (non-hydrogen) atoms. The fraction of sp³-hybridized carbons (Fsp3) is 0.0769. The minimum Gasteiger partial charge on any atom is -0.442 e. The molecule has 2 aromatic carbocycles. The van der Waals surface area contributed by atoms with E-state index in [1.807, 2.05) is 24.3 Å².